The highest BCUT2D eigenvalue weighted by Crippen LogP contribution is 2.33. The van der Waals surface area contributed by atoms with Gasteiger partial charge in [-0.15, -0.1) is 0 Å². The molecule has 1 aliphatic heterocycles. The number of halogens is 1. The second-order valence-corrected chi connectivity index (χ2v) is 5.84. The molecule has 1 aromatic rings. The normalized spacial score (nSPS) is 21.7. The van der Waals surface area contributed by atoms with Crippen molar-refractivity contribution in [2.24, 2.45) is 5.41 Å². The summed E-state index contributed by atoms with van der Waals surface area (Å²) in [5, 5.41) is 15.2. The fourth-order valence-corrected chi connectivity index (χ4v) is 2.94. The van der Waals surface area contributed by atoms with Crippen molar-refractivity contribution >= 4 is 33.5 Å². The van der Waals surface area contributed by atoms with Gasteiger partial charge in [0.2, 0.25) is 5.91 Å². The van der Waals surface area contributed by atoms with Gasteiger partial charge in [0.1, 0.15) is 0 Å². The van der Waals surface area contributed by atoms with E-state index >= 15 is 0 Å². The number of amides is 1. The van der Waals surface area contributed by atoms with E-state index in [-0.39, 0.29) is 11.5 Å². The molecule has 0 aromatic heterocycles. The second kappa shape index (κ2) is 5.93. The lowest BCUT2D eigenvalue weighted by molar-refractivity contribution is -0.124. The number of benzene rings is 1. The van der Waals surface area contributed by atoms with Crippen LogP contribution in [0.5, 0.6) is 0 Å². The van der Waals surface area contributed by atoms with Crippen LogP contribution in [0.2, 0.25) is 0 Å². The maximum Gasteiger partial charge on any atom is 0.337 e. The molecule has 6 heteroatoms. The third kappa shape index (κ3) is 2.71. The Kier molecular flexibility index (Phi) is 4.45. The van der Waals surface area contributed by atoms with Gasteiger partial charge in [-0.25, -0.2) is 4.79 Å². The van der Waals surface area contributed by atoms with Gasteiger partial charge in [0.05, 0.1) is 16.7 Å². The standard InChI is InChI=1S/C14H17BrN2O3/c1-2-14(6-7-16-8-14)13(20)17-11-9(12(18)19)4-3-5-10(11)15/h3-5,16H,2,6-8H2,1H3,(H,17,20)(H,18,19). The summed E-state index contributed by atoms with van der Waals surface area (Å²) in [6.45, 7) is 3.41. The molecular formula is C14H17BrN2O3. The lowest BCUT2D eigenvalue weighted by Gasteiger charge is -2.26. The lowest BCUT2D eigenvalue weighted by atomic mass is 9.83. The van der Waals surface area contributed by atoms with Crippen LogP contribution in [0, 0.1) is 5.41 Å². The molecule has 1 unspecified atom stereocenters. The van der Waals surface area contributed by atoms with E-state index in [0.29, 0.717) is 16.7 Å². The van der Waals surface area contributed by atoms with Gasteiger partial charge >= 0.3 is 5.97 Å². The van der Waals surface area contributed by atoms with Crippen molar-refractivity contribution in [3.8, 4) is 0 Å². The summed E-state index contributed by atoms with van der Waals surface area (Å²) in [6, 6.07) is 4.83. The fourth-order valence-electron chi connectivity index (χ4n) is 2.48. The van der Waals surface area contributed by atoms with Gasteiger partial charge in [-0.1, -0.05) is 13.0 Å². The van der Waals surface area contributed by atoms with E-state index in [4.69, 9.17) is 0 Å². The molecule has 2 rings (SSSR count). The summed E-state index contributed by atoms with van der Waals surface area (Å²) in [7, 11) is 0. The van der Waals surface area contributed by atoms with Gasteiger partial charge in [-0.3, -0.25) is 4.79 Å². The summed E-state index contributed by atoms with van der Waals surface area (Å²) < 4.78 is 0.572. The van der Waals surface area contributed by atoms with E-state index in [1.165, 1.54) is 6.07 Å². The summed E-state index contributed by atoms with van der Waals surface area (Å²) >= 11 is 3.30. The van der Waals surface area contributed by atoms with Gasteiger partial charge in [0, 0.05) is 11.0 Å². The minimum atomic E-state index is -1.06. The first-order valence-corrected chi connectivity index (χ1v) is 7.33. The third-order valence-electron chi connectivity index (χ3n) is 3.88. The number of carbonyl (C=O) groups excluding carboxylic acids is 1. The Morgan fingerprint density at radius 3 is 2.80 bits per heavy atom. The Labute approximate surface area is 125 Å². The van der Waals surface area contributed by atoms with Gasteiger partial charge in [-0.2, -0.15) is 0 Å². The monoisotopic (exact) mass is 340 g/mol. The molecular weight excluding hydrogens is 324 g/mol. The molecule has 0 radical (unpaired) electrons. The molecule has 1 heterocycles. The van der Waals surface area contributed by atoms with Crippen molar-refractivity contribution in [1.82, 2.24) is 5.32 Å². The smallest absolute Gasteiger partial charge is 0.337 e. The molecule has 1 aliphatic rings. The maximum absolute atomic E-state index is 12.5. The van der Waals surface area contributed by atoms with E-state index in [0.717, 1.165) is 19.4 Å². The summed E-state index contributed by atoms with van der Waals surface area (Å²) in [6.07, 6.45) is 1.49. The summed E-state index contributed by atoms with van der Waals surface area (Å²) in [5.74, 6) is -1.18. The van der Waals surface area contributed by atoms with Crippen LogP contribution in [0.3, 0.4) is 0 Å². The number of anilines is 1. The topological polar surface area (TPSA) is 78.4 Å². The van der Waals surface area contributed by atoms with Gasteiger partial charge in [-0.05, 0) is 47.4 Å². The number of para-hydroxylation sites is 1. The van der Waals surface area contributed by atoms with E-state index < -0.39 is 11.4 Å². The minimum Gasteiger partial charge on any atom is -0.478 e. The Hall–Kier alpha value is -1.40. The second-order valence-electron chi connectivity index (χ2n) is 4.98. The number of carboxylic acids is 1. The van der Waals surface area contributed by atoms with Gasteiger partial charge in [0.25, 0.3) is 0 Å². The van der Waals surface area contributed by atoms with Crippen molar-refractivity contribution in [1.29, 1.82) is 0 Å². The van der Waals surface area contributed by atoms with E-state index in [1.807, 2.05) is 6.92 Å². The molecule has 0 aliphatic carbocycles. The molecule has 3 N–H and O–H groups in total. The van der Waals surface area contributed by atoms with Crippen LogP contribution >= 0.6 is 15.9 Å². The van der Waals surface area contributed by atoms with Crippen LogP contribution in [-0.4, -0.2) is 30.1 Å². The largest absolute Gasteiger partial charge is 0.478 e. The Balaban J connectivity index is 2.30. The van der Waals surface area contributed by atoms with Crippen molar-refractivity contribution in [3.63, 3.8) is 0 Å². The molecule has 108 valence electrons. The maximum atomic E-state index is 12.5. The minimum absolute atomic E-state index is 0.0879. The van der Waals surface area contributed by atoms with Crippen LogP contribution < -0.4 is 10.6 Å². The van der Waals surface area contributed by atoms with Gasteiger partial charge in [0.15, 0.2) is 0 Å². The highest BCUT2D eigenvalue weighted by atomic mass is 79.9. The number of carbonyl (C=O) groups is 2. The number of hydrogen-bond acceptors (Lipinski definition) is 3. The first-order valence-electron chi connectivity index (χ1n) is 6.54. The Morgan fingerprint density at radius 1 is 1.50 bits per heavy atom. The molecule has 1 fully saturated rings. The van der Waals surface area contributed by atoms with Gasteiger partial charge < -0.3 is 15.7 Å². The first kappa shape index (κ1) is 15.0. The molecule has 5 nitrogen and oxygen atoms in total. The van der Waals surface area contributed by atoms with E-state index in [2.05, 4.69) is 26.6 Å². The van der Waals surface area contributed by atoms with Crippen molar-refractivity contribution < 1.29 is 14.7 Å². The summed E-state index contributed by atoms with van der Waals surface area (Å²) in [4.78, 5) is 23.8. The lowest BCUT2D eigenvalue weighted by Crippen LogP contribution is -2.38. The molecule has 20 heavy (non-hydrogen) atoms. The van der Waals surface area contributed by atoms with E-state index in [9.17, 15) is 14.7 Å². The van der Waals surface area contributed by atoms with Crippen molar-refractivity contribution in [2.45, 2.75) is 19.8 Å². The molecule has 1 amide bonds. The first-order chi connectivity index (χ1) is 9.50. The molecule has 0 spiro atoms. The molecule has 0 saturated carbocycles. The third-order valence-corrected chi connectivity index (χ3v) is 4.55. The number of carboxylic acid groups (broad SMARTS) is 1. The highest BCUT2D eigenvalue weighted by molar-refractivity contribution is 9.10. The highest BCUT2D eigenvalue weighted by Gasteiger charge is 2.39. The average Bonchev–Trinajstić information content (AvgIpc) is 2.90. The SMILES string of the molecule is CCC1(C(=O)Nc2c(Br)cccc2C(=O)O)CCNC1. The predicted octanol–water partition coefficient (Wildman–Crippen LogP) is 2.48. The van der Waals surface area contributed by atoms with E-state index in [1.54, 1.807) is 12.1 Å². The zero-order valence-electron chi connectivity index (χ0n) is 11.2. The fraction of sp³-hybridized carbons (Fsp3) is 0.429. The van der Waals surface area contributed by atoms with Crippen LogP contribution in [-0.2, 0) is 4.79 Å². The molecule has 0 bridgehead atoms. The van der Waals surface area contributed by atoms with Crippen LogP contribution in [0.4, 0.5) is 5.69 Å². The number of hydrogen-bond donors (Lipinski definition) is 3. The number of nitrogens with one attached hydrogen (secondary N) is 2. The number of aromatic carboxylic acids is 1. The zero-order valence-corrected chi connectivity index (χ0v) is 12.8. The van der Waals surface area contributed by atoms with Crippen molar-refractivity contribution in [2.75, 3.05) is 18.4 Å². The molecule has 1 aromatic carbocycles. The zero-order chi connectivity index (χ0) is 14.8. The van der Waals surface area contributed by atoms with Crippen LogP contribution in [0.15, 0.2) is 22.7 Å². The quantitative estimate of drug-likeness (QED) is 0.786. The summed E-state index contributed by atoms with van der Waals surface area (Å²) in [5.41, 5.74) is -0.0416. The molecule has 1 atom stereocenters. The van der Waals surface area contributed by atoms with Crippen molar-refractivity contribution in [3.05, 3.63) is 28.2 Å². The molecule has 1 saturated heterocycles. The average molecular weight is 341 g/mol. The predicted molar refractivity (Wildman–Crippen MR) is 79.9 cm³/mol. The van der Waals surface area contributed by atoms with Crippen LogP contribution in [0.25, 0.3) is 0 Å². The Morgan fingerprint density at radius 2 is 2.25 bits per heavy atom. The van der Waals surface area contributed by atoms with Crippen LogP contribution in [0.1, 0.15) is 30.1 Å². The number of rotatable bonds is 4. The Bertz CT molecular complexity index is 539.